The average Bonchev–Trinajstić information content (AvgIpc) is 3.58. The van der Waals surface area contributed by atoms with Gasteiger partial charge in [-0.25, -0.2) is 0 Å². The molecule has 3 heterocycles. The van der Waals surface area contributed by atoms with Crippen LogP contribution in [0.2, 0.25) is 0 Å². The highest BCUT2D eigenvalue weighted by molar-refractivity contribution is 5.82. The van der Waals surface area contributed by atoms with Crippen LogP contribution in [0.4, 0.5) is 0 Å². The molecule has 152 valence electrons. The van der Waals surface area contributed by atoms with E-state index < -0.39 is 0 Å². The number of benzene rings is 2. The van der Waals surface area contributed by atoms with Crippen molar-refractivity contribution in [1.29, 1.82) is 0 Å². The Balaban J connectivity index is 1.58. The first-order valence-electron chi connectivity index (χ1n) is 10.3. The van der Waals surface area contributed by atoms with Gasteiger partial charge in [0.2, 0.25) is 0 Å². The molecule has 3 atom stereocenters. The molecule has 29 heavy (non-hydrogen) atoms. The number of ether oxygens (including phenoxy) is 5. The van der Waals surface area contributed by atoms with E-state index in [0.29, 0.717) is 13.2 Å². The lowest BCUT2D eigenvalue weighted by Crippen LogP contribution is -2.09. The zero-order valence-corrected chi connectivity index (χ0v) is 16.5. The smallest absolute Gasteiger partial charge is 0.127 e. The number of rotatable bonds is 11. The van der Waals surface area contributed by atoms with Gasteiger partial charge in [0.1, 0.15) is 36.9 Å². The van der Waals surface area contributed by atoms with Crippen LogP contribution < -0.4 is 9.47 Å². The van der Waals surface area contributed by atoms with Gasteiger partial charge in [-0.3, -0.25) is 0 Å². The van der Waals surface area contributed by atoms with Crippen LogP contribution in [0.15, 0.2) is 49.1 Å². The molecule has 5 heteroatoms. The molecule has 0 aliphatic carbocycles. The van der Waals surface area contributed by atoms with Crippen LogP contribution in [0.25, 0.3) is 11.1 Å². The summed E-state index contributed by atoms with van der Waals surface area (Å²) in [5.41, 5.74) is 4.56. The van der Waals surface area contributed by atoms with E-state index in [1.54, 1.807) is 0 Å². The van der Waals surface area contributed by atoms with Crippen molar-refractivity contribution in [1.82, 2.24) is 0 Å². The van der Waals surface area contributed by atoms with Gasteiger partial charge >= 0.3 is 0 Å². The van der Waals surface area contributed by atoms with Crippen molar-refractivity contribution in [3.8, 4) is 22.6 Å². The summed E-state index contributed by atoms with van der Waals surface area (Å²) in [5.74, 6) is 1.72. The molecule has 0 saturated carbocycles. The van der Waals surface area contributed by atoms with Gasteiger partial charge in [0.05, 0.1) is 25.9 Å². The van der Waals surface area contributed by atoms with E-state index in [-0.39, 0.29) is 18.3 Å². The Hall–Kier alpha value is -2.34. The Morgan fingerprint density at radius 1 is 0.793 bits per heavy atom. The molecular weight excluding hydrogens is 368 g/mol. The van der Waals surface area contributed by atoms with E-state index >= 15 is 0 Å². The molecule has 0 spiro atoms. The molecule has 0 aromatic heterocycles. The number of hydrogen-bond acceptors (Lipinski definition) is 5. The van der Waals surface area contributed by atoms with Crippen molar-refractivity contribution in [3.05, 3.63) is 60.2 Å². The van der Waals surface area contributed by atoms with Gasteiger partial charge in [0.25, 0.3) is 0 Å². The summed E-state index contributed by atoms with van der Waals surface area (Å²) in [6, 6.07) is 12.5. The SMILES string of the molecule is C=CCc1cccc(OCC2CO2)c1-c1c(CC2CO2)cccc1OCC1CO1. The summed E-state index contributed by atoms with van der Waals surface area (Å²) in [5, 5.41) is 0. The van der Waals surface area contributed by atoms with E-state index in [1.165, 1.54) is 11.1 Å². The van der Waals surface area contributed by atoms with Crippen molar-refractivity contribution in [3.63, 3.8) is 0 Å². The molecule has 5 rings (SSSR count). The molecule has 0 amide bonds. The van der Waals surface area contributed by atoms with Crippen LogP contribution in [-0.2, 0) is 27.1 Å². The topological polar surface area (TPSA) is 56.0 Å². The fourth-order valence-corrected chi connectivity index (χ4v) is 3.58. The van der Waals surface area contributed by atoms with Gasteiger partial charge in [-0.05, 0) is 29.7 Å². The summed E-state index contributed by atoms with van der Waals surface area (Å²) in [4.78, 5) is 0. The van der Waals surface area contributed by atoms with Gasteiger partial charge in [-0.1, -0.05) is 30.3 Å². The lowest BCUT2D eigenvalue weighted by Gasteiger charge is -2.21. The van der Waals surface area contributed by atoms with Gasteiger partial charge in [0, 0.05) is 17.5 Å². The minimum atomic E-state index is 0.198. The second-order valence-corrected chi connectivity index (χ2v) is 7.77. The molecule has 0 radical (unpaired) electrons. The zero-order valence-electron chi connectivity index (χ0n) is 16.5. The first-order chi connectivity index (χ1) is 14.3. The highest BCUT2D eigenvalue weighted by Crippen LogP contribution is 2.43. The molecule has 3 saturated heterocycles. The maximum atomic E-state index is 6.21. The number of allylic oxidation sites excluding steroid dienone is 1. The lowest BCUT2D eigenvalue weighted by molar-refractivity contribution is 0.260. The van der Waals surface area contributed by atoms with Crippen LogP contribution >= 0.6 is 0 Å². The first kappa shape index (κ1) is 18.7. The van der Waals surface area contributed by atoms with Gasteiger partial charge < -0.3 is 23.7 Å². The Morgan fingerprint density at radius 2 is 1.31 bits per heavy atom. The summed E-state index contributed by atoms with van der Waals surface area (Å²) in [6.07, 6.45) is 4.23. The summed E-state index contributed by atoms with van der Waals surface area (Å²) in [6.45, 7) is 7.43. The van der Waals surface area contributed by atoms with Crippen LogP contribution in [0.5, 0.6) is 11.5 Å². The molecular formula is C24H26O5. The molecule has 3 aliphatic rings. The number of hydrogen-bond donors (Lipinski definition) is 0. The standard InChI is InChI=1S/C24H26O5/c1-2-5-16-6-3-8-21(28-14-19-12-26-19)23(16)24-17(10-18-11-25-18)7-4-9-22(24)29-15-20-13-27-20/h2-4,6-9,18-20H,1,5,10-15H2. The molecule has 3 fully saturated rings. The fourth-order valence-electron chi connectivity index (χ4n) is 3.58. The molecule has 0 N–H and O–H groups in total. The quantitative estimate of drug-likeness (QED) is 0.431. The molecule has 0 bridgehead atoms. The largest absolute Gasteiger partial charge is 0.490 e. The maximum Gasteiger partial charge on any atom is 0.127 e. The van der Waals surface area contributed by atoms with Gasteiger partial charge in [-0.15, -0.1) is 6.58 Å². The highest BCUT2D eigenvalue weighted by Gasteiger charge is 2.29. The monoisotopic (exact) mass is 394 g/mol. The van der Waals surface area contributed by atoms with E-state index in [0.717, 1.165) is 55.3 Å². The minimum absolute atomic E-state index is 0.198. The second kappa shape index (κ2) is 8.19. The molecule has 3 aliphatic heterocycles. The van der Waals surface area contributed by atoms with Gasteiger partial charge in [-0.2, -0.15) is 0 Å². The third-order valence-electron chi connectivity index (χ3n) is 5.34. The predicted molar refractivity (Wildman–Crippen MR) is 110 cm³/mol. The zero-order chi connectivity index (χ0) is 19.6. The normalized spacial score (nSPS) is 24.1. The van der Waals surface area contributed by atoms with Crippen LogP contribution in [0, 0.1) is 0 Å². The fraction of sp³-hybridized carbons (Fsp3) is 0.417. The van der Waals surface area contributed by atoms with Crippen molar-refractivity contribution in [2.24, 2.45) is 0 Å². The van der Waals surface area contributed by atoms with Crippen molar-refractivity contribution in [2.45, 2.75) is 31.2 Å². The van der Waals surface area contributed by atoms with Crippen LogP contribution in [0.1, 0.15) is 11.1 Å². The summed E-state index contributed by atoms with van der Waals surface area (Å²) >= 11 is 0. The summed E-state index contributed by atoms with van der Waals surface area (Å²) < 4.78 is 28.6. The van der Waals surface area contributed by atoms with E-state index in [4.69, 9.17) is 23.7 Å². The van der Waals surface area contributed by atoms with Crippen molar-refractivity contribution >= 4 is 0 Å². The third kappa shape index (κ3) is 4.64. The lowest BCUT2D eigenvalue weighted by atomic mass is 9.90. The van der Waals surface area contributed by atoms with E-state index in [1.807, 2.05) is 24.3 Å². The molecule has 2 aromatic rings. The Bertz CT molecular complexity index is 881. The average molecular weight is 394 g/mol. The second-order valence-electron chi connectivity index (χ2n) is 7.77. The first-order valence-corrected chi connectivity index (χ1v) is 10.3. The van der Waals surface area contributed by atoms with Crippen LogP contribution in [-0.4, -0.2) is 51.3 Å². The molecule has 5 nitrogen and oxygen atoms in total. The van der Waals surface area contributed by atoms with Crippen molar-refractivity contribution < 1.29 is 23.7 Å². The van der Waals surface area contributed by atoms with E-state index in [9.17, 15) is 0 Å². The van der Waals surface area contributed by atoms with Crippen molar-refractivity contribution in [2.75, 3.05) is 33.0 Å². The molecule has 2 aromatic carbocycles. The Kier molecular flexibility index (Phi) is 5.27. The highest BCUT2D eigenvalue weighted by atomic mass is 16.6. The number of epoxide rings is 3. The maximum absolute atomic E-state index is 6.21. The van der Waals surface area contributed by atoms with Crippen LogP contribution in [0.3, 0.4) is 0 Å². The minimum Gasteiger partial charge on any atom is -0.490 e. The third-order valence-corrected chi connectivity index (χ3v) is 5.34. The van der Waals surface area contributed by atoms with E-state index in [2.05, 4.69) is 24.8 Å². The Labute approximate surface area is 171 Å². The Morgan fingerprint density at radius 3 is 1.83 bits per heavy atom. The predicted octanol–water partition coefficient (Wildman–Crippen LogP) is 3.58. The summed E-state index contributed by atoms with van der Waals surface area (Å²) in [7, 11) is 0. The molecule has 3 unspecified atom stereocenters. The van der Waals surface area contributed by atoms with Gasteiger partial charge in [0.15, 0.2) is 0 Å².